The molecule has 6 rings (SSSR count). The molecule has 0 bridgehead atoms. The molecule has 6 atom stereocenters. The van der Waals surface area contributed by atoms with Gasteiger partial charge in [-0.2, -0.15) is 0 Å². The number of rotatable bonds is 10. The molecule has 1 saturated carbocycles. The van der Waals surface area contributed by atoms with E-state index in [1.165, 1.54) is 4.90 Å². The van der Waals surface area contributed by atoms with Crippen LogP contribution in [0.3, 0.4) is 0 Å². The highest BCUT2D eigenvalue weighted by Gasteiger charge is 2.66. The first-order chi connectivity index (χ1) is 20.3. The van der Waals surface area contributed by atoms with Gasteiger partial charge in [0.2, 0.25) is 11.8 Å². The van der Waals surface area contributed by atoms with Crippen LogP contribution in [-0.2, 0) is 19.1 Å². The second-order valence-electron chi connectivity index (χ2n) is 11.6. The molecule has 0 aromatic heterocycles. The number of phenolic OH excluding ortho intramolecular Hbond substituents is 1. The van der Waals surface area contributed by atoms with Crippen molar-refractivity contribution in [3.05, 3.63) is 72.3 Å². The number of benzene rings is 3. The maximum atomic E-state index is 13.8. The first-order valence-electron chi connectivity index (χ1n) is 14.6. The minimum Gasteiger partial charge on any atom is -0.507 e. The van der Waals surface area contributed by atoms with Gasteiger partial charge in [-0.15, -0.1) is 0 Å². The molecular weight excluding hydrogens is 538 g/mol. The molecule has 1 aliphatic carbocycles. The molecule has 42 heavy (non-hydrogen) atoms. The number of hydrogen-bond donors (Lipinski definition) is 3. The van der Waals surface area contributed by atoms with Crippen molar-refractivity contribution in [2.24, 2.45) is 23.7 Å². The van der Waals surface area contributed by atoms with Gasteiger partial charge >= 0.3 is 5.97 Å². The Bertz CT molecular complexity index is 1490. The molecule has 3 aromatic carbocycles. The zero-order chi connectivity index (χ0) is 29.4. The summed E-state index contributed by atoms with van der Waals surface area (Å²) in [4.78, 5) is 39.5. The molecule has 220 valence electrons. The molecule has 2 saturated heterocycles. The number of carboxylic acid groups (broad SMARTS) is 1. The van der Waals surface area contributed by atoms with Crippen LogP contribution in [0, 0.1) is 23.7 Å². The van der Waals surface area contributed by atoms with Crippen LogP contribution in [-0.4, -0.2) is 56.9 Å². The van der Waals surface area contributed by atoms with Crippen LogP contribution in [0.15, 0.2) is 66.7 Å². The smallest absolute Gasteiger partial charge is 0.303 e. The third-order valence-corrected chi connectivity index (χ3v) is 9.20. The molecule has 9 nitrogen and oxygen atoms in total. The van der Waals surface area contributed by atoms with E-state index < -0.39 is 41.5 Å². The number of ether oxygens (including phenoxy) is 2. The summed E-state index contributed by atoms with van der Waals surface area (Å²) in [5.74, 6) is -4.84. The van der Waals surface area contributed by atoms with Crippen LogP contribution in [0.4, 0.5) is 0 Å². The van der Waals surface area contributed by atoms with E-state index in [1.807, 2.05) is 54.6 Å². The second-order valence-corrected chi connectivity index (χ2v) is 11.6. The Morgan fingerprint density at radius 2 is 1.67 bits per heavy atom. The molecule has 2 aliphatic heterocycles. The summed E-state index contributed by atoms with van der Waals surface area (Å²) in [6.45, 7) is 0.341. The van der Waals surface area contributed by atoms with E-state index >= 15 is 0 Å². The number of hydrogen-bond acceptors (Lipinski definition) is 7. The predicted molar refractivity (Wildman–Crippen MR) is 152 cm³/mol. The number of carbonyl (C=O) groups is 3. The molecule has 3 fully saturated rings. The minimum atomic E-state index is -1.70. The van der Waals surface area contributed by atoms with Gasteiger partial charge in [0.05, 0.1) is 24.5 Å². The lowest BCUT2D eigenvalue weighted by molar-refractivity contribution is -0.272. The highest BCUT2D eigenvalue weighted by molar-refractivity contribution is 6.05. The highest BCUT2D eigenvalue weighted by atomic mass is 16.6. The maximum absolute atomic E-state index is 13.8. The zero-order valence-electron chi connectivity index (χ0n) is 23.2. The van der Waals surface area contributed by atoms with Crippen molar-refractivity contribution in [1.82, 2.24) is 4.90 Å². The predicted octanol–water partition coefficient (Wildman–Crippen LogP) is 4.66. The normalized spacial score (nSPS) is 28.6. The number of aromatic hydroxyl groups is 1. The number of carbonyl (C=O) groups excluding carboxylic acids is 2. The third kappa shape index (κ3) is 5.01. The third-order valence-electron chi connectivity index (χ3n) is 9.20. The number of para-hydroxylation sites is 1. The summed E-state index contributed by atoms with van der Waals surface area (Å²) in [7, 11) is 0. The van der Waals surface area contributed by atoms with Gasteiger partial charge in [0, 0.05) is 30.2 Å². The molecule has 3 N–H and O–H groups in total. The van der Waals surface area contributed by atoms with Gasteiger partial charge in [0.15, 0.2) is 5.79 Å². The summed E-state index contributed by atoms with van der Waals surface area (Å²) in [5.41, 5.74) is 0.803. The fourth-order valence-corrected chi connectivity index (χ4v) is 7.18. The van der Waals surface area contributed by atoms with E-state index in [2.05, 4.69) is 0 Å². The molecule has 3 aromatic rings. The number of fused-ring (bicyclic) bond motifs is 4. The van der Waals surface area contributed by atoms with Gasteiger partial charge in [-0.05, 0) is 54.8 Å². The number of aliphatic carboxylic acids is 1. The minimum absolute atomic E-state index is 0.0516. The van der Waals surface area contributed by atoms with Gasteiger partial charge < -0.3 is 24.8 Å². The summed E-state index contributed by atoms with van der Waals surface area (Å²) in [5, 5.41) is 33.1. The van der Waals surface area contributed by atoms with Crippen molar-refractivity contribution in [1.29, 1.82) is 0 Å². The Labute approximate surface area is 243 Å². The van der Waals surface area contributed by atoms with E-state index in [9.17, 15) is 24.6 Å². The average molecular weight is 574 g/mol. The standard InChI is InChI=1S/C33H35NO8/c35-27-15-14-24(22-11-6-7-12-23(22)27)28-18-26-30-25(31(38)34(32(30)39)16-8-2-5-13-29(36)37)17-20(33(26,40)42-28)19-41-21-9-3-1-4-10-21/h1,3-4,6-7,9-12,14-15,20,25-26,28,30,35,40H,2,5,8,13,16-19H2,(H,36,37)/t20-,25+,26+,28+,30+,33-/m1/s1. The van der Waals surface area contributed by atoms with Crippen LogP contribution in [0.5, 0.6) is 11.5 Å². The maximum Gasteiger partial charge on any atom is 0.303 e. The Kier molecular flexibility index (Phi) is 7.64. The van der Waals surface area contributed by atoms with Crippen LogP contribution >= 0.6 is 0 Å². The van der Waals surface area contributed by atoms with E-state index in [4.69, 9.17) is 14.6 Å². The fourth-order valence-electron chi connectivity index (χ4n) is 7.18. The lowest BCUT2D eigenvalue weighted by Crippen LogP contribution is -2.55. The molecule has 3 aliphatic rings. The summed E-state index contributed by atoms with van der Waals surface area (Å²) >= 11 is 0. The first kappa shape index (κ1) is 28.2. The number of unbranched alkanes of at least 4 members (excludes halogenated alkanes) is 2. The molecule has 0 spiro atoms. The van der Waals surface area contributed by atoms with Gasteiger partial charge in [0.25, 0.3) is 0 Å². The van der Waals surface area contributed by atoms with E-state index in [1.54, 1.807) is 12.1 Å². The van der Waals surface area contributed by atoms with Crippen molar-refractivity contribution in [3.8, 4) is 11.5 Å². The van der Waals surface area contributed by atoms with E-state index in [0.717, 1.165) is 10.9 Å². The number of likely N-dealkylation sites (tertiary alicyclic amines) is 1. The second kappa shape index (κ2) is 11.4. The van der Waals surface area contributed by atoms with Crippen LogP contribution < -0.4 is 4.74 Å². The van der Waals surface area contributed by atoms with E-state index in [-0.39, 0.29) is 43.6 Å². The number of amides is 2. The van der Waals surface area contributed by atoms with Crippen LogP contribution in [0.1, 0.15) is 50.2 Å². The van der Waals surface area contributed by atoms with Crippen molar-refractivity contribution in [2.45, 2.75) is 50.4 Å². The number of phenols is 1. The monoisotopic (exact) mass is 573 g/mol. The Morgan fingerprint density at radius 1 is 0.929 bits per heavy atom. The first-order valence-corrected chi connectivity index (χ1v) is 14.6. The van der Waals surface area contributed by atoms with Crippen molar-refractivity contribution < 1.29 is 39.2 Å². The molecule has 9 heteroatoms. The average Bonchev–Trinajstić information content (AvgIpc) is 3.46. The van der Waals surface area contributed by atoms with Gasteiger partial charge in [-0.1, -0.05) is 55.0 Å². The Balaban J connectivity index is 1.29. The zero-order valence-corrected chi connectivity index (χ0v) is 23.2. The molecule has 0 unspecified atom stereocenters. The number of imide groups is 1. The quantitative estimate of drug-likeness (QED) is 0.236. The number of carboxylic acids is 1. The molecular formula is C33H35NO8. The van der Waals surface area contributed by atoms with Gasteiger partial charge in [0.1, 0.15) is 11.5 Å². The number of aliphatic hydroxyl groups is 1. The van der Waals surface area contributed by atoms with Crippen LogP contribution in [0.25, 0.3) is 10.8 Å². The fraction of sp³-hybridized carbons (Fsp3) is 0.424. The summed E-state index contributed by atoms with van der Waals surface area (Å²) in [6, 6.07) is 20.1. The van der Waals surface area contributed by atoms with Gasteiger partial charge in [-0.25, -0.2) is 0 Å². The summed E-state index contributed by atoms with van der Waals surface area (Å²) < 4.78 is 12.6. The van der Waals surface area contributed by atoms with Gasteiger partial charge in [-0.3, -0.25) is 19.3 Å². The lowest BCUT2D eigenvalue weighted by Gasteiger charge is -2.44. The lowest BCUT2D eigenvalue weighted by atomic mass is 9.64. The van der Waals surface area contributed by atoms with Crippen molar-refractivity contribution in [2.75, 3.05) is 13.2 Å². The van der Waals surface area contributed by atoms with Crippen molar-refractivity contribution in [3.63, 3.8) is 0 Å². The number of nitrogens with zero attached hydrogens (tertiary/aromatic N) is 1. The van der Waals surface area contributed by atoms with E-state index in [0.29, 0.717) is 36.8 Å². The molecule has 2 heterocycles. The Morgan fingerprint density at radius 3 is 2.43 bits per heavy atom. The molecule has 2 amide bonds. The Hall–Kier alpha value is -3.95. The topological polar surface area (TPSA) is 134 Å². The van der Waals surface area contributed by atoms with Crippen molar-refractivity contribution >= 4 is 28.6 Å². The van der Waals surface area contributed by atoms with Crippen LogP contribution in [0.2, 0.25) is 0 Å². The molecule has 0 radical (unpaired) electrons. The largest absolute Gasteiger partial charge is 0.507 e. The SMILES string of the molecule is O=C(O)CCCCCN1C(=O)[C@H]2[C@H](C[C@H](COc3ccccc3)[C@@]3(O)O[C@H](c4ccc(O)c5ccccc45)C[C@@H]23)C1=O. The highest BCUT2D eigenvalue weighted by Crippen LogP contribution is 2.58. The summed E-state index contributed by atoms with van der Waals surface area (Å²) in [6.07, 6.45) is 1.67.